The number of carbonyl (C=O) groups excluding carboxylic acids is 2. The van der Waals surface area contributed by atoms with Gasteiger partial charge in [0.1, 0.15) is 13.2 Å². The average molecular weight is 301 g/mol. The summed E-state index contributed by atoms with van der Waals surface area (Å²) in [5.74, 6) is -2.09. The quantitative estimate of drug-likeness (QED) is 0.681. The average Bonchev–Trinajstić information content (AvgIpc) is 2.91. The van der Waals surface area contributed by atoms with Gasteiger partial charge in [0, 0.05) is 4.88 Å². The highest BCUT2D eigenvalue weighted by atomic mass is 32.1. The van der Waals surface area contributed by atoms with Crippen LogP contribution in [0.4, 0.5) is 0 Å². The molecule has 7 nitrogen and oxygen atoms in total. The number of amides is 1. The van der Waals surface area contributed by atoms with Gasteiger partial charge in [-0.3, -0.25) is 9.59 Å². The van der Waals surface area contributed by atoms with E-state index in [-0.39, 0.29) is 13.0 Å². The summed E-state index contributed by atoms with van der Waals surface area (Å²) in [6.45, 7) is -0.927. The van der Waals surface area contributed by atoms with Crippen molar-refractivity contribution in [1.82, 2.24) is 5.32 Å². The van der Waals surface area contributed by atoms with Gasteiger partial charge in [-0.05, 0) is 11.4 Å². The zero-order valence-corrected chi connectivity index (χ0v) is 11.6. The molecule has 8 heteroatoms. The van der Waals surface area contributed by atoms with Crippen LogP contribution in [-0.2, 0) is 23.9 Å². The highest BCUT2D eigenvalue weighted by Gasteiger charge is 2.19. The number of rotatable bonds is 8. The maximum Gasteiger partial charge on any atom is 0.329 e. The largest absolute Gasteiger partial charge is 0.480 e. The Kier molecular flexibility index (Phi) is 6.68. The molecule has 1 aromatic rings. The van der Waals surface area contributed by atoms with Crippen molar-refractivity contribution in [2.24, 2.45) is 0 Å². The van der Waals surface area contributed by atoms with E-state index >= 15 is 0 Å². The molecule has 2 N–H and O–H groups in total. The SMILES string of the molecule is COC(=O)CC(NC(=O)COCC(=O)O)c1cccs1. The van der Waals surface area contributed by atoms with Crippen LogP contribution in [-0.4, -0.2) is 43.3 Å². The van der Waals surface area contributed by atoms with Crippen LogP contribution in [0.25, 0.3) is 0 Å². The number of methoxy groups -OCH3 is 1. The van der Waals surface area contributed by atoms with Gasteiger partial charge in [-0.2, -0.15) is 0 Å². The zero-order chi connectivity index (χ0) is 15.0. The number of ether oxygens (including phenoxy) is 2. The Morgan fingerprint density at radius 1 is 1.40 bits per heavy atom. The summed E-state index contributed by atoms with van der Waals surface area (Å²) in [5.41, 5.74) is 0. The lowest BCUT2D eigenvalue weighted by Gasteiger charge is -2.16. The van der Waals surface area contributed by atoms with Crippen LogP contribution < -0.4 is 5.32 Å². The second-order valence-electron chi connectivity index (χ2n) is 3.80. The third kappa shape index (κ3) is 5.81. The third-order valence-corrected chi connectivity index (χ3v) is 3.26. The van der Waals surface area contributed by atoms with Crippen LogP contribution in [0.2, 0.25) is 0 Å². The highest BCUT2D eigenvalue weighted by Crippen LogP contribution is 2.22. The lowest BCUT2D eigenvalue weighted by atomic mass is 10.1. The minimum atomic E-state index is -1.15. The Labute approximate surface area is 119 Å². The monoisotopic (exact) mass is 301 g/mol. The number of hydrogen-bond donors (Lipinski definition) is 2. The summed E-state index contributed by atoms with van der Waals surface area (Å²) in [4.78, 5) is 34.0. The number of carboxylic acids is 1. The van der Waals surface area contributed by atoms with E-state index in [1.165, 1.54) is 18.4 Å². The van der Waals surface area contributed by atoms with E-state index in [1.54, 1.807) is 12.1 Å². The molecular weight excluding hydrogens is 286 g/mol. The number of carbonyl (C=O) groups is 3. The molecule has 0 saturated heterocycles. The molecule has 1 aromatic heterocycles. The number of esters is 1. The van der Waals surface area contributed by atoms with E-state index in [2.05, 4.69) is 14.8 Å². The molecule has 0 radical (unpaired) electrons. The van der Waals surface area contributed by atoms with E-state index in [4.69, 9.17) is 5.11 Å². The molecule has 0 aromatic carbocycles. The summed E-state index contributed by atoms with van der Waals surface area (Å²) in [6.07, 6.45) is 0.00167. The fraction of sp³-hybridized carbons (Fsp3) is 0.417. The van der Waals surface area contributed by atoms with Gasteiger partial charge in [-0.1, -0.05) is 6.07 Å². The van der Waals surface area contributed by atoms with E-state index < -0.39 is 30.5 Å². The van der Waals surface area contributed by atoms with Crippen molar-refractivity contribution >= 4 is 29.2 Å². The van der Waals surface area contributed by atoms with Gasteiger partial charge >= 0.3 is 11.9 Å². The van der Waals surface area contributed by atoms with Crippen LogP contribution >= 0.6 is 11.3 Å². The van der Waals surface area contributed by atoms with Gasteiger partial charge < -0.3 is 19.9 Å². The first-order valence-electron chi connectivity index (χ1n) is 5.72. The minimum Gasteiger partial charge on any atom is -0.480 e. The van der Waals surface area contributed by atoms with Crippen molar-refractivity contribution in [3.05, 3.63) is 22.4 Å². The molecule has 0 aliphatic carbocycles. The van der Waals surface area contributed by atoms with Crippen LogP contribution in [0.3, 0.4) is 0 Å². The predicted octanol–water partition coefficient (Wildman–Crippen LogP) is 0.570. The van der Waals surface area contributed by atoms with Crippen LogP contribution in [0.5, 0.6) is 0 Å². The molecule has 110 valence electrons. The van der Waals surface area contributed by atoms with Crippen molar-refractivity contribution in [1.29, 1.82) is 0 Å². The minimum absolute atomic E-state index is 0.00167. The second-order valence-corrected chi connectivity index (χ2v) is 4.78. The molecule has 1 heterocycles. The predicted molar refractivity (Wildman–Crippen MR) is 70.3 cm³/mol. The molecule has 0 spiro atoms. The van der Waals surface area contributed by atoms with Gasteiger partial charge in [0.25, 0.3) is 0 Å². The Hall–Kier alpha value is -1.93. The van der Waals surface area contributed by atoms with Gasteiger partial charge in [-0.25, -0.2) is 4.79 Å². The normalized spacial score (nSPS) is 11.7. The topological polar surface area (TPSA) is 102 Å². The molecule has 1 unspecified atom stereocenters. The highest BCUT2D eigenvalue weighted by molar-refractivity contribution is 7.10. The van der Waals surface area contributed by atoms with Crippen molar-refractivity contribution in [3.8, 4) is 0 Å². The fourth-order valence-corrected chi connectivity index (χ4v) is 2.21. The number of carboxylic acid groups (broad SMARTS) is 1. The summed E-state index contributed by atoms with van der Waals surface area (Å²) in [6, 6.07) is 3.08. The van der Waals surface area contributed by atoms with Gasteiger partial charge in [-0.15, -0.1) is 11.3 Å². The van der Waals surface area contributed by atoms with Gasteiger partial charge in [0.05, 0.1) is 19.6 Å². The first-order chi connectivity index (χ1) is 9.52. The van der Waals surface area contributed by atoms with E-state index in [0.717, 1.165) is 4.88 Å². The molecule has 20 heavy (non-hydrogen) atoms. The lowest BCUT2D eigenvalue weighted by molar-refractivity contribution is -0.143. The van der Waals surface area contributed by atoms with Gasteiger partial charge in [0.2, 0.25) is 5.91 Å². The molecule has 0 bridgehead atoms. The Balaban J connectivity index is 2.54. The maximum atomic E-state index is 11.6. The third-order valence-electron chi connectivity index (χ3n) is 2.28. The lowest BCUT2D eigenvalue weighted by Crippen LogP contribution is -2.33. The molecule has 1 rings (SSSR count). The van der Waals surface area contributed by atoms with Crippen LogP contribution in [0.1, 0.15) is 17.3 Å². The molecule has 1 amide bonds. The Bertz CT molecular complexity index is 459. The standard InChI is InChI=1S/C12H15NO6S/c1-18-12(17)5-8(9-3-2-4-20-9)13-10(14)6-19-7-11(15)16/h2-4,8H,5-7H2,1H3,(H,13,14)(H,15,16). The summed E-state index contributed by atoms with van der Waals surface area (Å²) >= 11 is 1.40. The van der Waals surface area contributed by atoms with Crippen molar-refractivity contribution in [2.45, 2.75) is 12.5 Å². The van der Waals surface area contributed by atoms with E-state index in [0.29, 0.717) is 0 Å². The number of aliphatic carboxylic acids is 1. The Morgan fingerprint density at radius 3 is 2.70 bits per heavy atom. The number of thiophene rings is 1. The summed E-state index contributed by atoms with van der Waals surface area (Å²) in [7, 11) is 1.27. The first kappa shape index (κ1) is 16.1. The Morgan fingerprint density at radius 2 is 2.15 bits per heavy atom. The van der Waals surface area contributed by atoms with E-state index in [9.17, 15) is 14.4 Å². The molecule has 0 saturated carbocycles. The van der Waals surface area contributed by atoms with Crippen LogP contribution in [0.15, 0.2) is 17.5 Å². The molecular formula is C12H15NO6S. The zero-order valence-electron chi connectivity index (χ0n) is 10.8. The second kappa shape index (κ2) is 8.28. The number of hydrogen-bond acceptors (Lipinski definition) is 6. The van der Waals surface area contributed by atoms with Gasteiger partial charge in [0.15, 0.2) is 0 Å². The summed E-state index contributed by atoms with van der Waals surface area (Å²) < 4.78 is 9.26. The smallest absolute Gasteiger partial charge is 0.329 e. The molecule has 1 atom stereocenters. The number of nitrogens with one attached hydrogen (secondary N) is 1. The molecule has 0 aliphatic rings. The summed E-state index contributed by atoms with van der Waals surface area (Å²) in [5, 5.41) is 12.8. The van der Waals surface area contributed by atoms with Crippen LogP contribution in [0, 0.1) is 0 Å². The maximum absolute atomic E-state index is 11.6. The van der Waals surface area contributed by atoms with Crippen molar-refractivity contribution in [3.63, 3.8) is 0 Å². The van der Waals surface area contributed by atoms with Crippen molar-refractivity contribution in [2.75, 3.05) is 20.3 Å². The van der Waals surface area contributed by atoms with E-state index in [1.807, 2.05) is 5.38 Å². The fourth-order valence-electron chi connectivity index (χ4n) is 1.43. The van der Waals surface area contributed by atoms with Crippen molar-refractivity contribution < 1.29 is 29.0 Å². The molecule has 0 fully saturated rings. The first-order valence-corrected chi connectivity index (χ1v) is 6.60. The molecule has 0 aliphatic heterocycles.